The van der Waals surface area contributed by atoms with Gasteiger partial charge < -0.3 is 14.5 Å². The normalized spacial score (nSPS) is 26.5. The van der Waals surface area contributed by atoms with E-state index >= 15 is 0 Å². The first kappa shape index (κ1) is 29.6. The Kier molecular flexibility index (Phi) is 9.46. The van der Waals surface area contributed by atoms with Crippen LogP contribution in [0.2, 0.25) is 10.0 Å². The van der Waals surface area contributed by atoms with E-state index in [0.29, 0.717) is 27.6 Å². The number of nitrogens with zero attached hydrogens (tertiary/aromatic N) is 1. The lowest BCUT2D eigenvalue weighted by Gasteiger charge is -2.56. The molecule has 2 aromatic carbocycles. The van der Waals surface area contributed by atoms with Gasteiger partial charge in [-0.3, -0.25) is 9.59 Å². The van der Waals surface area contributed by atoms with Crippen molar-refractivity contribution < 1.29 is 18.8 Å². The average molecular weight is 573 g/mol. The summed E-state index contributed by atoms with van der Waals surface area (Å²) in [5.41, 5.74) is 1.95. The highest BCUT2D eigenvalue weighted by Gasteiger charge is 2.53. The zero-order valence-electron chi connectivity index (χ0n) is 23.3. The first-order valence-electron chi connectivity index (χ1n) is 14.0. The zero-order chi connectivity index (χ0) is 28.2. The standard InChI is InChI=1S/C32H40Cl2N2O3/c1-5-14-36(20-22(2)3)15-13-32(25-7-6-8-28(18-25)39-23(4)37)19-27(11-10-26(32)21-36)35-31(38)17-24-9-12-29(33)30(34)16-24/h5-9,12,16,18,22,26-27H,1,10-11,13-15,17,19-21H2,2-4H3/p+1/t26?,27-,32+,36-/m0/s1. The number of piperidine rings is 1. The van der Waals surface area contributed by atoms with Gasteiger partial charge in [-0.15, -0.1) is 0 Å². The molecule has 1 amide bonds. The summed E-state index contributed by atoms with van der Waals surface area (Å²) in [5.74, 6) is 1.31. The number of halogens is 2. The van der Waals surface area contributed by atoms with Gasteiger partial charge in [0, 0.05) is 36.6 Å². The number of quaternary nitrogens is 1. The Morgan fingerprint density at radius 2 is 1.97 bits per heavy atom. The first-order chi connectivity index (χ1) is 18.5. The second kappa shape index (κ2) is 12.4. The van der Waals surface area contributed by atoms with Crippen LogP contribution >= 0.6 is 23.2 Å². The summed E-state index contributed by atoms with van der Waals surface area (Å²) < 4.78 is 6.55. The Labute approximate surface area is 243 Å². The molecular formula is C32H41Cl2N2O3+. The molecule has 1 aliphatic heterocycles. The molecule has 4 atom stereocenters. The number of fused-ring (bicyclic) bond motifs is 1. The zero-order valence-corrected chi connectivity index (χ0v) is 24.9. The van der Waals surface area contributed by atoms with Gasteiger partial charge in [-0.25, -0.2) is 0 Å². The number of rotatable bonds is 9. The molecule has 1 N–H and O–H groups in total. The molecule has 2 fully saturated rings. The summed E-state index contributed by atoms with van der Waals surface area (Å²) in [5, 5.41) is 4.27. The summed E-state index contributed by atoms with van der Waals surface area (Å²) in [6.07, 6.45) is 6.19. The van der Waals surface area contributed by atoms with Crippen molar-refractivity contribution in [2.45, 2.75) is 64.3 Å². The molecular weight excluding hydrogens is 531 g/mol. The third-order valence-corrected chi connectivity index (χ3v) is 9.29. The monoisotopic (exact) mass is 571 g/mol. The van der Waals surface area contributed by atoms with Crippen LogP contribution in [0.3, 0.4) is 0 Å². The highest BCUT2D eigenvalue weighted by atomic mass is 35.5. The third-order valence-electron chi connectivity index (χ3n) is 8.55. The smallest absolute Gasteiger partial charge is 0.308 e. The number of ether oxygens (including phenoxy) is 1. The van der Waals surface area contributed by atoms with Crippen molar-refractivity contribution in [3.05, 3.63) is 76.3 Å². The summed E-state index contributed by atoms with van der Waals surface area (Å²) in [6.45, 7) is 14.4. The van der Waals surface area contributed by atoms with Crippen molar-refractivity contribution >= 4 is 35.1 Å². The van der Waals surface area contributed by atoms with Gasteiger partial charge in [0.15, 0.2) is 0 Å². The highest BCUT2D eigenvalue weighted by Crippen LogP contribution is 2.51. The van der Waals surface area contributed by atoms with Gasteiger partial charge >= 0.3 is 5.97 Å². The van der Waals surface area contributed by atoms with E-state index in [9.17, 15) is 9.59 Å². The number of likely N-dealkylation sites (tertiary alicyclic amines) is 1. The molecule has 0 spiro atoms. The van der Waals surface area contributed by atoms with Gasteiger partial charge in [0.2, 0.25) is 5.91 Å². The van der Waals surface area contributed by atoms with Gasteiger partial charge in [-0.2, -0.15) is 0 Å². The highest BCUT2D eigenvalue weighted by molar-refractivity contribution is 6.42. The average Bonchev–Trinajstić information content (AvgIpc) is 2.86. The number of benzene rings is 2. The molecule has 2 aromatic rings. The molecule has 2 aliphatic rings. The Balaban J connectivity index is 1.60. The molecule has 5 nitrogen and oxygen atoms in total. The van der Waals surface area contributed by atoms with Crippen LogP contribution < -0.4 is 10.1 Å². The summed E-state index contributed by atoms with van der Waals surface area (Å²) in [4.78, 5) is 24.8. The van der Waals surface area contributed by atoms with Gasteiger partial charge in [0.25, 0.3) is 0 Å². The van der Waals surface area contributed by atoms with Crippen LogP contribution in [0, 0.1) is 11.8 Å². The van der Waals surface area contributed by atoms with Crippen LogP contribution in [-0.2, 0) is 21.4 Å². The Morgan fingerprint density at radius 3 is 2.67 bits per heavy atom. The number of carbonyl (C=O) groups excluding carboxylic acids is 2. The fourth-order valence-corrected chi connectivity index (χ4v) is 7.50. The van der Waals surface area contributed by atoms with E-state index in [0.717, 1.165) is 61.9 Å². The number of hydrogen-bond acceptors (Lipinski definition) is 3. The van der Waals surface area contributed by atoms with E-state index in [1.807, 2.05) is 24.3 Å². The van der Waals surface area contributed by atoms with Crippen molar-refractivity contribution in [3.8, 4) is 5.75 Å². The molecule has 1 saturated heterocycles. The van der Waals surface area contributed by atoms with Crippen molar-refractivity contribution in [2.75, 3.05) is 26.2 Å². The fourth-order valence-electron chi connectivity index (χ4n) is 7.18. The fraction of sp³-hybridized carbons (Fsp3) is 0.500. The number of nitrogens with one attached hydrogen (secondary N) is 1. The summed E-state index contributed by atoms with van der Waals surface area (Å²) >= 11 is 12.2. The van der Waals surface area contributed by atoms with Gasteiger partial charge in [0.1, 0.15) is 5.75 Å². The summed E-state index contributed by atoms with van der Waals surface area (Å²) in [7, 11) is 0. The second-order valence-corrected chi connectivity index (χ2v) is 12.8. The van der Waals surface area contributed by atoms with Gasteiger partial charge in [-0.05, 0) is 60.7 Å². The van der Waals surface area contributed by atoms with Crippen LogP contribution in [0.15, 0.2) is 55.1 Å². The Hall–Kier alpha value is -2.34. The number of hydrogen-bond donors (Lipinski definition) is 1. The number of amides is 1. The van der Waals surface area contributed by atoms with Crippen LogP contribution in [0.1, 0.15) is 57.6 Å². The van der Waals surface area contributed by atoms with E-state index in [2.05, 4.69) is 37.9 Å². The second-order valence-electron chi connectivity index (χ2n) is 12.0. The SMILES string of the molecule is C=CC[N@@+]1(CC(C)C)CC[C@]2(c3cccc(OC(C)=O)c3)C[C@@H](NC(=O)Cc3ccc(Cl)c(Cl)c3)CCC2C1. The maximum Gasteiger partial charge on any atom is 0.308 e. The molecule has 0 bridgehead atoms. The molecule has 39 heavy (non-hydrogen) atoms. The number of carbonyl (C=O) groups is 2. The van der Waals surface area contributed by atoms with Crippen LogP contribution in [0.5, 0.6) is 5.75 Å². The van der Waals surface area contributed by atoms with Crippen molar-refractivity contribution in [1.29, 1.82) is 0 Å². The Morgan fingerprint density at radius 1 is 1.18 bits per heavy atom. The minimum atomic E-state index is -0.320. The lowest BCUT2D eigenvalue weighted by Crippen LogP contribution is -2.64. The minimum absolute atomic E-state index is 0.00643. The van der Waals surface area contributed by atoms with Gasteiger partial charge in [0.05, 0.1) is 42.6 Å². The predicted molar refractivity (Wildman–Crippen MR) is 158 cm³/mol. The third kappa shape index (κ3) is 7.06. The van der Waals surface area contributed by atoms with Crippen LogP contribution in [-0.4, -0.2) is 48.6 Å². The predicted octanol–water partition coefficient (Wildman–Crippen LogP) is 6.75. The van der Waals surface area contributed by atoms with Crippen molar-refractivity contribution in [2.24, 2.45) is 11.8 Å². The van der Waals surface area contributed by atoms with E-state index in [-0.39, 0.29) is 29.8 Å². The summed E-state index contributed by atoms with van der Waals surface area (Å²) in [6, 6.07) is 13.5. The maximum atomic E-state index is 13.1. The quantitative estimate of drug-likeness (QED) is 0.157. The van der Waals surface area contributed by atoms with E-state index in [4.69, 9.17) is 27.9 Å². The molecule has 1 saturated carbocycles. The minimum Gasteiger partial charge on any atom is -0.427 e. The lowest BCUT2D eigenvalue weighted by atomic mass is 9.57. The van der Waals surface area contributed by atoms with Crippen molar-refractivity contribution in [1.82, 2.24) is 5.32 Å². The number of esters is 1. The molecule has 1 unspecified atom stereocenters. The molecule has 7 heteroatoms. The largest absolute Gasteiger partial charge is 0.427 e. The van der Waals surface area contributed by atoms with Crippen LogP contribution in [0.4, 0.5) is 0 Å². The van der Waals surface area contributed by atoms with Gasteiger partial charge in [-0.1, -0.05) is 61.8 Å². The lowest BCUT2D eigenvalue weighted by molar-refractivity contribution is -0.935. The molecule has 1 heterocycles. The van der Waals surface area contributed by atoms with Crippen LogP contribution in [0.25, 0.3) is 0 Å². The molecule has 0 aromatic heterocycles. The molecule has 4 rings (SSSR count). The van der Waals surface area contributed by atoms with E-state index in [1.54, 1.807) is 12.1 Å². The van der Waals surface area contributed by atoms with Crippen molar-refractivity contribution in [3.63, 3.8) is 0 Å². The van der Waals surface area contributed by atoms with E-state index < -0.39 is 0 Å². The topological polar surface area (TPSA) is 55.4 Å². The maximum absolute atomic E-state index is 13.1. The molecule has 1 aliphatic carbocycles. The Bertz CT molecular complexity index is 1220. The van der Waals surface area contributed by atoms with E-state index in [1.165, 1.54) is 12.5 Å². The molecule has 210 valence electrons. The molecule has 0 radical (unpaired) electrons. The first-order valence-corrected chi connectivity index (χ1v) is 14.8.